The van der Waals surface area contributed by atoms with Gasteiger partial charge < -0.3 is 9.64 Å². The molecule has 3 rings (SSSR count). The SMILES string of the molecule is Fc1ccccc1N1CCN(CCOc2cccc(Br)c2)CC1. The van der Waals surface area contributed by atoms with E-state index in [1.165, 1.54) is 6.07 Å². The van der Waals surface area contributed by atoms with Crippen LogP contribution in [0.2, 0.25) is 0 Å². The predicted octanol–water partition coefficient (Wildman–Crippen LogP) is 3.79. The van der Waals surface area contributed by atoms with Crippen molar-refractivity contribution < 1.29 is 9.13 Å². The molecule has 1 saturated heterocycles. The predicted molar refractivity (Wildman–Crippen MR) is 94.7 cm³/mol. The van der Waals surface area contributed by atoms with E-state index >= 15 is 0 Å². The topological polar surface area (TPSA) is 15.7 Å². The summed E-state index contributed by atoms with van der Waals surface area (Å²) in [5.41, 5.74) is 0.706. The maximum Gasteiger partial charge on any atom is 0.146 e. The fourth-order valence-corrected chi connectivity index (χ4v) is 3.15. The van der Waals surface area contributed by atoms with Crippen molar-refractivity contribution in [2.45, 2.75) is 0 Å². The van der Waals surface area contributed by atoms with Crippen LogP contribution >= 0.6 is 15.9 Å². The van der Waals surface area contributed by atoms with Gasteiger partial charge in [-0.2, -0.15) is 0 Å². The van der Waals surface area contributed by atoms with Crippen LogP contribution in [0.1, 0.15) is 0 Å². The van der Waals surface area contributed by atoms with Crippen LogP contribution in [0.25, 0.3) is 0 Å². The number of halogens is 2. The highest BCUT2D eigenvalue weighted by atomic mass is 79.9. The minimum Gasteiger partial charge on any atom is -0.492 e. The lowest BCUT2D eigenvalue weighted by Gasteiger charge is -2.36. The Morgan fingerprint density at radius 2 is 1.78 bits per heavy atom. The first-order valence-corrected chi connectivity index (χ1v) is 8.62. The highest BCUT2D eigenvalue weighted by Gasteiger charge is 2.18. The molecule has 1 aliphatic rings. The van der Waals surface area contributed by atoms with Crippen LogP contribution in [0.15, 0.2) is 53.0 Å². The van der Waals surface area contributed by atoms with Crippen LogP contribution in [-0.4, -0.2) is 44.2 Å². The number of nitrogens with zero attached hydrogens (tertiary/aromatic N) is 2. The first-order valence-electron chi connectivity index (χ1n) is 7.82. The highest BCUT2D eigenvalue weighted by Crippen LogP contribution is 2.20. The molecule has 1 fully saturated rings. The minimum atomic E-state index is -0.140. The van der Waals surface area contributed by atoms with Crippen molar-refractivity contribution in [3.05, 3.63) is 58.8 Å². The highest BCUT2D eigenvalue weighted by molar-refractivity contribution is 9.10. The molecule has 0 N–H and O–H groups in total. The lowest BCUT2D eigenvalue weighted by atomic mass is 10.2. The Bertz CT molecular complexity index is 644. The maximum absolute atomic E-state index is 13.8. The number of rotatable bonds is 5. The van der Waals surface area contributed by atoms with Gasteiger partial charge in [-0.15, -0.1) is 0 Å². The number of anilines is 1. The lowest BCUT2D eigenvalue weighted by molar-refractivity contribution is 0.200. The van der Waals surface area contributed by atoms with Crippen molar-refractivity contribution in [3.8, 4) is 5.75 Å². The van der Waals surface area contributed by atoms with Gasteiger partial charge in [0, 0.05) is 37.2 Å². The summed E-state index contributed by atoms with van der Waals surface area (Å²) in [6.07, 6.45) is 0. The Labute approximate surface area is 144 Å². The molecule has 0 saturated carbocycles. The molecule has 2 aromatic carbocycles. The molecule has 1 heterocycles. The van der Waals surface area contributed by atoms with Gasteiger partial charge in [0.25, 0.3) is 0 Å². The van der Waals surface area contributed by atoms with Crippen LogP contribution in [0.4, 0.5) is 10.1 Å². The molecule has 1 aliphatic heterocycles. The van der Waals surface area contributed by atoms with Crippen LogP contribution < -0.4 is 9.64 Å². The summed E-state index contributed by atoms with van der Waals surface area (Å²) in [5.74, 6) is 0.739. The summed E-state index contributed by atoms with van der Waals surface area (Å²) in [5, 5.41) is 0. The quantitative estimate of drug-likeness (QED) is 0.786. The van der Waals surface area contributed by atoms with Gasteiger partial charge in [-0.25, -0.2) is 4.39 Å². The summed E-state index contributed by atoms with van der Waals surface area (Å²) in [6.45, 7) is 5.09. The second kappa shape index (κ2) is 7.79. The van der Waals surface area contributed by atoms with E-state index in [1.807, 2.05) is 36.4 Å². The number of para-hydroxylation sites is 1. The third-order valence-corrected chi connectivity index (χ3v) is 4.53. The molecule has 2 aromatic rings. The normalized spacial score (nSPS) is 15.7. The summed E-state index contributed by atoms with van der Waals surface area (Å²) in [6, 6.07) is 14.9. The number of ether oxygens (including phenoxy) is 1. The smallest absolute Gasteiger partial charge is 0.146 e. The summed E-state index contributed by atoms with van der Waals surface area (Å²) in [4.78, 5) is 4.47. The zero-order chi connectivity index (χ0) is 16.1. The maximum atomic E-state index is 13.8. The van der Waals surface area contributed by atoms with Crippen molar-refractivity contribution in [3.63, 3.8) is 0 Å². The van der Waals surface area contributed by atoms with Crippen LogP contribution in [0.5, 0.6) is 5.75 Å². The molecule has 0 unspecified atom stereocenters. The number of hydrogen-bond acceptors (Lipinski definition) is 3. The second-order valence-corrected chi connectivity index (χ2v) is 6.50. The Morgan fingerprint density at radius 1 is 1.00 bits per heavy atom. The summed E-state index contributed by atoms with van der Waals surface area (Å²) < 4.78 is 20.6. The third-order valence-electron chi connectivity index (χ3n) is 4.04. The number of piperazine rings is 1. The van der Waals surface area contributed by atoms with Gasteiger partial charge in [0.15, 0.2) is 0 Å². The van der Waals surface area contributed by atoms with Gasteiger partial charge >= 0.3 is 0 Å². The fraction of sp³-hybridized carbons (Fsp3) is 0.333. The van der Waals surface area contributed by atoms with Crippen molar-refractivity contribution >= 4 is 21.6 Å². The Hall–Kier alpha value is -1.59. The molecule has 5 heteroatoms. The van der Waals surface area contributed by atoms with E-state index in [-0.39, 0.29) is 5.82 Å². The van der Waals surface area contributed by atoms with E-state index in [0.717, 1.165) is 42.9 Å². The van der Waals surface area contributed by atoms with E-state index < -0.39 is 0 Å². The number of benzene rings is 2. The average Bonchev–Trinajstić information content (AvgIpc) is 2.56. The van der Waals surface area contributed by atoms with Crippen molar-refractivity contribution in [2.24, 2.45) is 0 Å². The molecule has 0 radical (unpaired) electrons. The summed E-state index contributed by atoms with van der Waals surface area (Å²) >= 11 is 3.44. The molecule has 23 heavy (non-hydrogen) atoms. The molecule has 3 nitrogen and oxygen atoms in total. The van der Waals surface area contributed by atoms with Crippen LogP contribution in [0.3, 0.4) is 0 Å². The third kappa shape index (κ3) is 4.45. The first kappa shape index (κ1) is 16.3. The molecule has 0 atom stereocenters. The van der Waals surface area contributed by atoms with Gasteiger partial charge in [0.1, 0.15) is 18.2 Å². The number of hydrogen-bond donors (Lipinski definition) is 0. The monoisotopic (exact) mass is 378 g/mol. The minimum absolute atomic E-state index is 0.140. The zero-order valence-corrected chi connectivity index (χ0v) is 14.5. The van der Waals surface area contributed by atoms with Gasteiger partial charge in [-0.3, -0.25) is 4.90 Å². The fourth-order valence-electron chi connectivity index (χ4n) is 2.77. The zero-order valence-electron chi connectivity index (χ0n) is 12.9. The first-order chi connectivity index (χ1) is 11.2. The molecule has 0 bridgehead atoms. The van der Waals surface area contributed by atoms with E-state index in [0.29, 0.717) is 12.3 Å². The van der Waals surface area contributed by atoms with E-state index in [2.05, 4.69) is 25.7 Å². The van der Waals surface area contributed by atoms with Gasteiger partial charge in [-0.05, 0) is 30.3 Å². The van der Waals surface area contributed by atoms with Gasteiger partial charge in [0.05, 0.1) is 5.69 Å². The molecule has 0 amide bonds. The standard InChI is InChI=1S/C18H20BrFN2O/c19-15-4-3-5-16(14-15)23-13-12-21-8-10-22(11-9-21)18-7-2-1-6-17(18)20/h1-7,14H,8-13H2. The van der Waals surface area contributed by atoms with Crippen molar-refractivity contribution in [1.82, 2.24) is 4.90 Å². The molecular weight excluding hydrogens is 359 g/mol. The Balaban J connectivity index is 1.44. The van der Waals surface area contributed by atoms with E-state index in [4.69, 9.17) is 4.74 Å². The lowest BCUT2D eigenvalue weighted by Crippen LogP contribution is -2.47. The molecule has 0 spiro atoms. The van der Waals surface area contributed by atoms with E-state index in [1.54, 1.807) is 6.07 Å². The van der Waals surface area contributed by atoms with Gasteiger partial charge in [-0.1, -0.05) is 34.1 Å². The molecular formula is C18H20BrFN2O. The largest absolute Gasteiger partial charge is 0.492 e. The molecule has 0 aromatic heterocycles. The van der Waals surface area contributed by atoms with E-state index in [9.17, 15) is 4.39 Å². The Morgan fingerprint density at radius 3 is 2.52 bits per heavy atom. The summed E-state index contributed by atoms with van der Waals surface area (Å²) in [7, 11) is 0. The van der Waals surface area contributed by atoms with Crippen LogP contribution in [-0.2, 0) is 0 Å². The molecule has 0 aliphatic carbocycles. The van der Waals surface area contributed by atoms with Crippen LogP contribution in [0, 0.1) is 5.82 Å². The second-order valence-electron chi connectivity index (χ2n) is 5.59. The molecule has 122 valence electrons. The Kier molecular flexibility index (Phi) is 5.51. The van der Waals surface area contributed by atoms with Crippen molar-refractivity contribution in [2.75, 3.05) is 44.2 Å². The average molecular weight is 379 g/mol. The van der Waals surface area contributed by atoms with Gasteiger partial charge in [0.2, 0.25) is 0 Å². The van der Waals surface area contributed by atoms with Crippen molar-refractivity contribution in [1.29, 1.82) is 0 Å².